The van der Waals surface area contributed by atoms with Gasteiger partial charge in [-0.25, -0.2) is 4.79 Å². The molecule has 0 fully saturated rings. The molecule has 0 aliphatic carbocycles. The number of nitrogens with two attached hydrogens (primary N) is 1. The smallest absolute Gasteiger partial charge is 0.408 e. The molecule has 9 heteroatoms. The van der Waals surface area contributed by atoms with Gasteiger partial charge in [-0.1, -0.05) is 42.0 Å². The van der Waals surface area contributed by atoms with E-state index in [4.69, 9.17) is 10.5 Å². The van der Waals surface area contributed by atoms with E-state index in [0.717, 1.165) is 16.7 Å². The fourth-order valence-electron chi connectivity index (χ4n) is 4.37. The summed E-state index contributed by atoms with van der Waals surface area (Å²) in [7, 11) is 0. The molecule has 9 nitrogen and oxygen atoms in total. The Morgan fingerprint density at radius 2 is 1.55 bits per heavy atom. The maximum absolute atomic E-state index is 14.4. The highest BCUT2D eigenvalue weighted by Crippen LogP contribution is 2.34. The number of para-hydroxylation sites is 1. The quantitative estimate of drug-likeness (QED) is 0.399. The Balaban J connectivity index is 2.66. The summed E-state index contributed by atoms with van der Waals surface area (Å²) in [5, 5.41) is 5.62. The Hall–Kier alpha value is -3.88. The summed E-state index contributed by atoms with van der Waals surface area (Å²) >= 11 is 0. The van der Waals surface area contributed by atoms with Gasteiger partial charge in [0, 0.05) is 17.6 Å². The first-order chi connectivity index (χ1) is 18.4. The van der Waals surface area contributed by atoms with Crippen molar-refractivity contribution in [1.29, 1.82) is 0 Å². The Labute approximate surface area is 237 Å². The molecule has 2 atom stereocenters. The minimum absolute atomic E-state index is 0.0566. The van der Waals surface area contributed by atoms with Gasteiger partial charge in [-0.15, -0.1) is 0 Å². The molecule has 0 heterocycles. The minimum atomic E-state index is -1.17. The van der Waals surface area contributed by atoms with Gasteiger partial charge in [-0.05, 0) is 91.5 Å². The number of rotatable bonds is 9. The van der Waals surface area contributed by atoms with Crippen molar-refractivity contribution in [3.8, 4) is 0 Å². The first-order valence-corrected chi connectivity index (χ1v) is 13.5. The van der Waals surface area contributed by atoms with Crippen molar-refractivity contribution in [3.05, 3.63) is 64.7 Å². The molecule has 0 aliphatic heterocycles. The maximum Gasteiger partial charge on any atom is 0.408 e. The Bertz CT molecular complexity index is 1240. The summed E-state index contributed by atoms with van der Waals surface area (Å²) in [4.78, 5) is 54.4. The zero-order valence-electron chi connectivity index (χ0n) is 25.2. The highest BCUT2D eigenvalue weighted by molar-refractivity contribution is 6.00. The van der Waals surface area contributed by atoms with Crippen LogP contribution in [0.2, 0.25) is 0 Å². The molecular formula is C31H44N4O5. The number of primary amides is 1. The van der Waals surface area contributed by atoms with Crippen molar-refractivity contribution in [2.45, 2.75) is 98.4 Å². The lowest BCUT2D eigenvalue weighted by Gasteiger charge is -2.43. The number of anilines is 1. The van der Waals surface area contributed by atoms with Crippen LogP contribution in [0.15, 0.2) is 42.5 Å². The zero-order valence-corrected chi connectivity index (χ0v) is 25.2. The highest BCUT2D eigenvalue weighted by atomic mass is 16.6. The topological polar surface area (TPSA) is 131 Å². The molecule has 0 saturated carbocycles. The van der Waals surface area contributed by atoms with Gasteiger partial charge in [0.2, 0.25) is 11.8 Å². The predicted octanol–water partition coefficient (Wildman–Crippen LogP) is 5.08. The van der Waals surface area contributed by atoms with E-state index in [1.165, 1.54) is 4.90 Å². The van der Waals surface area contributed by atoms with Gasteiger partial charge in [0.25, 0.3) is 5.91 Å². The van der Waals surface area contributed by atoms with Gasteiger partial charge >= 0.3 is 6.09 Å². The van der Waals surface area contributed by atoms with E-state index in [1.54, 1.807) is 26.8 Å². The minimum Gasteiger partial charge on any atom is -0.444 e. The zero-order chi connectivity index (χ0) is 30.4. The van der Waals surface area contributed by atoms with Crippen molar-refractivity contribution < 1.29 is 23.9 Å². The van der Waals surface area contributed by atoms with Gasteiger partial charge < -0.3 is 26.0 Å². The number of carbonyl (C=O) groups excluding carboxylic acids is 4. The molecule has 0 saturated heterocycles. The van der Waals surface area contributed by atoms with Crippen LogP contribution in [0.5, 0.6) is 0 Å². The average Bonchev–Trinajstić information content (AvgIpc) is 2.80. The largest absolute Gasteiger partial charge is 0.444 e. The molecule has 2 rings (SSSR count). The van der Waals surface area contributed by atoms with E-state index in [9.17, 15) is 19.2 Å². The van der Waals surface area contributed by atoms with Crippen molar-refractivity contribution in [3.63, 3.8) is 0 Å². The standard InChI is InChI=1S/C31H44N4O5/c1-19-14-15-20(2)22(18-19)26(27(37)33-23-13-11-10-12-21(23)3)35(30(4,5)6)28(38)24(16-17-25(32)36)34-29(39)40-31(7,8)9/h10-15,18,24,26H,16-17H2,1-9H3,(H2,32,36)(H,33,37)(H,34,39). The number of ether oxygens (including phenoxy) is 1. The van der Waals surface area contributed by atoms with E-state index < -0.39 is 47.0 Å². The third-order valence-electron chi connectivity index (χ3n) is 6.27. The van der Waals surface area contributed by atoms with E-state index >= 15 is 0 Å². The van der Waals surface area contributed by atoms with Gasteiger partial charge in [-0.3, -0.25) is 14.4 Å². The Kier molecular flexibility index (Phi) is 10.5. The van der Waals surface area contributed by atoms with Crippen LogP contribution in [-0.2, 0) is 19.1 Å². The van der Waals surface area contributed by atoms with Gasteiger partial charge in [0.15, 0.2) is 0 Å². The number of hydrogen-bond donors (Lipinski definition) is 3. The van der Waals surface area contributed by atoms with Crippen LogP contribution in [0.25, 0.3) is 0 Å². The fourth-order valence-corrected chi connectivity index (χ4v) is 4.37. The van der Waals surface area contributed by atoms with Crippen LogP contribution in [0.4, 0.5) is 10.5 Å². The third kappa shape index (κ3) is 9.10. The molecule has 0 bridgehead atoms. The number of nitrogens with zero attached hydrogens (tertiary/aromatic N) is 1. The number of hydrogen-bond acceptors (Lipinski definition) is 5. The average molecular weight is 553 g/mol. The molecule has 2 aromatic carbocycles. The van der Waals surface area contributed by atoms with Crippen LogP contribution < -0.4 is 16.4 Å². The number of benzene rings is 2. The van der Waals surface area contributed by atoms with E-state index in [-0.39, 0.29) is 12.8 Å². The van der Waals surface area contributed by atoms with Crippen LogP contribution >= 0.6 is 0 Å². The van der Waals surface area contributed by atoms with Gasteiger partial charge in [0.05, 0.1) is 0 Å². The first-order valence-electron chi connectivity index (χ1n) is 13.5. The van der Waals surface area contributed by atoms with E-state index in [1.807, 2.05) is 77.9 Å². The second-order valence-corrected chi connectivity index (χ2v) is 12.1. The fraction of sp³-hybridized carbons (Fsp3) is 0.484. The van der Waals surface area contributed by atoms with Crippen molar-refractivity contribution in [1.82, 2.24) is 10.2 Å². The molecule has 218 valence electrons. The molecule has 40 heavy (non-hydrogen) atoms. The highest BCUT2D eigenvalue weighted by Gasteiger charge is 2.42. The van der Waals surface area contributed by atoms with Crippen LogP contribution in [0.1, 0.15) is 82.7 Å². The summed E-state index contributed by atoms with van der Waals surface area (Å²) in [5.74, 6) is -1.56. The Morgan fingerprint density at radius 1 is 0.925 bits per heavy atom. The van der Waals surface area contributed by atoms with Crippen molar-refractivity contribution in [2.75, 3.05) is 5.32 Å². The third-order valence-corrected chi connectivity index (χ3v) is 6.27. The lowest BCUT2D eigenvalue weighted by Crippen LogP contribution is -2.58. The first kappa shape index (κ1) is 32.3. The summed E-state index contributed by atoms with van der Waals surface area (Å²) in [5.41, 5.74) is 7.62. The molecule has 2 aromatic rings. The predicted molar refractivity (Wildman–Crippen MR) is 157 cm³/mol. The normalized spacial score (nSPS) is 13.1. The van der Waals surface area contributed by atoms with Crippen molar-refractivity contribution in [2.24, 2.45) is 5.73 Å². The summed E-state index contributed by atoms with van der Waals surface area (Å²) in [6.45, 7) is 16.3. The maximum atomic E-state index is 14.4. The van der Waals surface area contributed by atoms with E-state index in [2.05, 4.69) is 10.6 Å². The molecular weight excluding hydrogens is 508 g/mol. The van der Waals surface area contributed by atoms with Crippen LogP contribution in [0.3, 0.4) is 0 Å². The molecule has 0 radical (unpaired) electrons. The van der Waals surface area contributed by atoms with Gasteiger partial charge in [0.1, 0.15) is 17.7 Å². The van der Waals surface area contributed by atoms with Crippen LogP contribution in [0, 0.1) is 20.8 Å². The molecule has 2 unspecified atom stereocenters. The van der Waals surface area contributed by atoms with E-state index in [0.29, 0.717) is 11.3 Å². The lowest BCUT2D eigenvalue weighted by atomic mass is 9.91. The molecule has 4 amide bonds. The molecule has 0 aliphatic rings. The van der Waals surface area contributed by atoms with Gasteiger partial charge in [-0.2, -0.15) is 0 Å². The van der Waals surface area contributed by atoms with Crippen molar-refractivity contribution >= 4 is 29.5 Å². The summed E-state index contributed by atoms with van der Waals surface area (Å²) in [6, 6.07) is 10.9. The number of alkyl carbamates (subject to hydrolysis) is 1. The monoisotopic (exact) mass is 552 g/mol. The van der Waals surface area contributed by atoms with Crippen LogP contribution in [-0.4, -0.2) is 45.9 Å². The number of aryl methyl sites for hydroxylation is 3. The number of nitrogens with one attached hydrogen (secondary N) is 2. The summed E-state index contributed by atoms with van der Waals surface area (Å²) < 4.78 is 5.39. The number of amides is 4. The summed E-state index contributed by atoms with van der Waals surface area (Å²) in [6.07, 6.45) is -1.01. The Morgan fingerprint density at radius 3 is 2.10 bits per heavy atom. The number of carbonyl (C=O) groups is 4. The molecule has 0 spiro atoms. The molecule has 0 aromatic heterocycles. The lowest BCUT2D eigenvalue weighted by molar-refractivity contribution is -0.147. The molecule has 4 N–H and O–H groups in total. The second-order valence-electron chi connectivity index (χ2n) is 12.1. The second kappa shape index (κ2) is 13.0. The SMILES string of the molecule is Cc1ccc(C)c(C(C(=O)Nc2ccccc2C)N(C(=O)C(CCC(N)=O)NC(=O)OC(C)(C)C)C(C)(C)C)c1.